The Bertz CT molecular complexity index is 393. The Morgan fingerprint density at radius 2 is 1.56 bits per heavy atom. The first-order chi connectivity index (χ1) is 11.6. The van der Waals surface area contributed by atoms with Crippen LogP contribution in [0.1, 0.15) is 27.2 Å². The highest BCUT2D eigenvalue weighted by Gasteiger charge is 2.18. The minimum Gasteiger partial charge on any atom is -0.469 e. The molecule has 0 unspecified atom stereocenters. The maximum absolute atomic E-state index is 11.6. The fraction of sp³-hybridized carbons (Fsp3) is 0.882. The van der Waals surface area contributed by atoms with Gasteiger partial charge in [0.1, 0.15) is 12.1 Å². The molecule has 0 spiro atoms. The summed E-state index contributed by atoms with van der Waals surface area (Å²) in [6, 6.07) is 0. The number of carbonyl (C=O) groups excluding carboxylic acids is 2. The van der Waals surface area contributed by atoms with E-state index in [1.807, 2.05) is 20.8 Å². The summed E-state index contributed by atoms with van der Waals surface area (Å²) in [6.45, 7) is 9.51. The number of esters is 1. The highest BCUT2D eigenvalue weighted by atomic mass is 16.6. The number of nitrogens with zero attached hydrogens (tertiary/aromatic N) is 1. The summed E-state index contributed by atoms with van der Waals surface area (Å²) < 4.78 is 21.2. The Hall–Kier alpha value is -1.38. The van der Waals surface area contributed by atoms with Gasteiger partial charge in [-0.15, -0.1) is 0 Å². The largest absolute Gasteiger partial charge is 0.469 e. The van der Waals surface area contributed by atoms with Gasteiger partial charge in [-0.2, -0.15) is 0 Å². The van der Waals surface area contributed by atoms with Crippen molar-refractivity contribution in [2.75, 3.05) is 67.3 Å². The summed E-state index contributed by atoms with van der Waals surface area (Å²) >= 11 is 0. The summed E-state index contributed by atoms with van der Waals surface area (Å²) in [4.78, 5) is 22.5. The average Bonchev–Trinajstić information content (AvgIpc) is 2.47. The predicted molar refractivity (Wildman–Crippen MR) is 94.4 cm³/mol. The fourth-order valence-corrected chi connectivity index (χ4v) is 1.78. The monoisotopic (exact) mass is 363 g/mol. The molecule has 0 saturated heterocycles. The molecular weight excluding hydrogens is 328 g/mol. The molecule has 8 heteroatoms. The third-order valence-corrected chi connectivity index (χ3v) is 3.28. The number of likely N-dealkylation sites (N-methyl/N-ethyl adjacent to an activating group) is 1. The van der Waals surface area contributed by atoms with Crippen LogP contribution in [0, 0.1) is 0 Å². The normalized spacial score (nSPS) is 11.9. The molecule has 0 aliphatic heterocycles. The van der Waals surface area contributed by atoms with Gasteiger partial charge in [0, 0.05) is 0 Å². The second-order valence-electron chi connectivity index (χ2n) is 7.36. The van der Waals surface area contributed by atoms with E-state index in [9.17, 15) is 9.59 Å². The number of ether oxygens (including phenoxy) is 4. The van der Waals surface area contributed by atoms with E-state index in [-0.39, 0.29) is 12.4 Å². The Morgan fingerprint density at radius 3 is 2.12 bits per heavy atom. The maximum Gasteiger partial charge on any atom is 0.407 e. The van der Waals surface area contributed by atoms with Crippen molar-refractivity contribution >= 4 is 12.1 Å². The number of rotatable bonds is 12. The lowest BCUT2D eigenvalue weighted by Gasteiger charge is -2.30. The second kappa shape index (κ2) is 12.1. The lowest BCUT2D eigenvalue weighted by Crippen LogP contribution is -2.47. The molecular formula is C17H35N2O6+. The van der Waals surface area contributed by atoms with Crippen molar-refractivity contribution in [1.82, 2.24) is 5.32 Å². The molecule has 0 radical (unpaired) electrons. The number of carbonyl (C=O) groups is 2. The lowest BCUT2D eigenvalue weighted by molar-refractivity contribution is -0.889. The summed E-state index contributed by atoms with van der Waals surface area (Å²) in [6.07, 6.45) is -0.140. The van der Waals surface area contributed by atoms with Gasteiger partial charge in [0.2, 0.25) is 0 Å². The SMILES string of the molecule is COC(=O)CCOCCOCC[N+](C)(C)CCNC(=O)OC(C)(C)C. The van der Waals surface area contributed by atoms with Gasteiger partial charge in [-0.1, -0.05) is 0 Å². The van der Waals surface area contributed by atoms with Crippen molar-refractivity contribution in [2.24, 2.45) is 0 Å². The van der Waals surface area contributed by atoms with Crippen molar-refractivity contribution in [3.63, 3.8) is 0 Å². The zero-order valence-corrected chi connectivity index (χ0v) is 16.6. The molecule has 0 bridgehead atoms. The minimum absolute atomic E-state index is 0.255. The van der Waals surface area contributed by atoms with Crippen molar-refractivity contribution in [1.29, 1.82) is 0 Å². The van der Waals surface area contributed by atoms with Crippen molar-refractivity contribution in [3.05, 3.63) is 0 Å². The van der Waals surface area contributed by atoms with Crippen molar-refractivity contribution in [3.8, 4) is 0 Å². The number of alkyl carbamates (subject to hydrolysis) is 1. The van der Waals surface area contributed by atoms with Crippen LogP contribution in [-0.4, -0.2) is 89.4 Å². The summed E-state index contributed by atoms with van der Waals surface area (Å²) in [5.74, 6) is -0.278. The van der Waals surface area contributed by atoms with Crippen LogP contribution in [0.2, 0.25) is 0 Å². The maximum atomic E-state index is 11.6. The Kier molecular flexibility index (Phi) is 11.4. The smallest absolute Gasteiger partial charge is 0.407 e. The first-order valence-corrected chi connectivity index (χ1v) is 8.57. The van der Waals surface area contributed by atoms with Gasteiger partial charge in [0.15, 0.2) is 0 Å². The third-order valence-electron chi connectivity index (χ3n) is 3.28. The predicted octanol–water partition coefficient (Wildman–Crippen LogP) is 1.18. The molecule has 0 fully saturated rings. The van der Waals surface area contributed by atoms with E-state index in [2.05, 4.69) is 24.1 Å². The van der Waals surface area contributed by atoms with Crippen LogP contribution in [0.3, 0.4) is 0 Å². The number of hydrogen-bond acceptors (Lipinski definition) is 6. The molecule has 0 rings (SSSR count). The van der Waals surface area contributed by atoms with Gasteiger partial charge < -0.3 is 28.7 Å². The molecule has 0 aromatic rings. The van der Waals surface area contributed by atoms with Crippen LogP contribution >= 0.6 is 0 Å². The minimum atomic E-state index is -0.485. The van der Waals surface area contributed by atoms with Crippen LogP contribution in [0.5, 0.6) is 0 Å². The summed E-state index contributed by atoms with van der Waals surface area (Å²) in [5.41, 5.74) is -0.485. The number of hydrogen-bond donors (Lipinski definition) is 1. The highest BCUT2D eigenvalue weighted by Crippen LogP contribution is 2.06. The number of methoxy groups -OCH3 is 1. The molecule has 8 nitrogen and oxygen atoms in total. The second-order valence-corrected chi connectivity index (χ2v) is 7.36. The number of amides is 1. The molecule has 0 aromatic heterocycles. The molecule has 0 aromatic carbocycles. The molecule has 0 aliphatic rings. The molecule has 0 atom stereocenters. The van der Waals surface area contributed by atoms with Crippen molar-refractivity contribution in [2.45, 2.75) is 32.8 Å². The Labute approximate surface area is 151 Å². The zero-order chi connectivity index (χ0) is 19.3. The van der Waals surface area contributed by atoms with Gasteiger partial charge in [0.05, 0.1) is 67.1 Å². The first kappa shape index (κ1) is 23.6. The quantitative estimate of drug-likeness (QED) is 0.319. The van der Waals surface area contributed by atoms with Crippen LogP contribution < -0.4 is 5.32 Å². The van der Waals surface area contributed by atoms with Gasteiger partial charge in [0.25, 0.3) is 0 Å². The van der Waals surface area contributed by atoms with E-state index in [0.29, 0.717) is 33.0 Å². The third kappa shape index (κ3) is 15.9. The molecule has 0 aliphatic carbocycles. The molecule has 0 heterocycles. The van der Waals surface area contributed by atoms with Crippen molar-refractivity contribution < 1.29 is 33.0 Å². The lowest BCUT2D eigenvalue weighted by atomic mass is 10.2. The molecule has 148 valence electrons. The first-order valence-electron chi connectivity index (χ1n) is 8.57. The summed E-state index contributed by atoms with van der Waals surface area (Å²) in [7, 11) is 5.51. The topological polar surface area (TPSA) is 83.1 Å². The molecule has 0 saturated carbocycles. The fourth-order valence-electron chi connectivity index (χ4n) is 1.78. The van der Waals surface area contributed by atoms with Crippen LogP contribution in [0.4, 0.5) is 4.79 Å². The molecule has 25 heavy (non-hydrogen) atoms. The van der Waals surface area contributed by atoms with E-state index in [1.54, 1.807) is 0 Å². The van der Waals surface area contributed by atoms with E-state index in [4.69, 9.17) is 14.2 Å². The van der Waals surface area contributed by atoms with E-state index < -0.39 is 11.7 Å². The van der Waals surface area contributed by atoms with Crippen LogP contribution in [0.15, 0.2) is 0 Å². The number of nitrogens with one attached hydrogen (secondary N) is 1. The highest BCUT2D eigenvalue weighted by molar-refractivity contribution is 5.69. The van der Waals surface area contributed by atoms with Gasteiger partial charge in [-0.25, -0.2) is 4.79 Å². The van der Waals surface area contributed by atoms with Gasteiger partial charge in [-0.05, 0) is 20.8 Å². The molecule has 1 amide bonds. The van der Waals surface area contributed by atoms with Gasteiger partial charge >= 0.3 is 12.1 Å². The standard InChI is InChI=1S/C17H34N2O6/c1-17(2,3)25-16(21)18-8-9-19(4,5)10-12-24-14-13-23-11-7-15(20)22-6/h7-14H2,1-6H3/p+1. The Morgan fingerprint density at radius 1 is 0.960 bits per heavy atom. The van der Waals surface area contributed by atoms with E-state index >= 15 is 0 Å². The van der Waals surface area contributed by atoms with E-state index in [1.165, 1.54) is 7.11 Å². The van der Waals surface area contributed by atoms with Crippen LogP contribution in [0.25, 0.3) is 0 Å². The Balaban J connectivity index is 3.64. The van der Waals surface area contributed by atoms with Gasteiger partial charge in [-0.3, -0.25) is 4.79 Å². The average molecular weight is 363 g/mol. The zero-order valence-electron chi connectivity index (χ0n) is 16.6. The van der Waals surface area contributed by atoms with E-state index in [0.717, 1.165) is 17.6 Å². The number of quaternary nitrogens is 1. The summed E-state index contributed by atoms with van der Waals surface area (Å²) in [5, 5.41) is 2.76. The van der Waals surface area contributed by atoms with Crippen LogP contribution in [-0.2, 0) is 23.7 Å². The molecule has 1 N–H and O–H groups in total.